The van der Waals surface area contributed by atoms with Gasteiger partial charge in [-0.2, -0.15) is 0 Å². The summed E-state index contributed by atoms with van der Waals surface area (Å²) in [6, 6.07) is 13.4. The number of aromatic nitrogens is 1. The van der Waals surface area contributed by atoms with Crippen LogP contribution in [0.3, 0.4) is 0 Å². The maximum Gasteiger partial charge on any atom is 0.269 e. The van der Waals surface area contributed by atoms with E-state index in [1.807, 2.05) is 12.1 Å². The van der Waals surface area contributed by atoms with Gasteiger partial charge in [-0.1, -0.05) is 12.1 Å². The van der Waals surface area contributed by atoms with Gasteiger partial charge >= 0.3 is 0 Å². The Morgan fingerprint density at radius 2 is 2.00 bits per heavy atom. The first kappa shape index (κ1) is 16.7. The summed E-state index contributed by atoms with van der Waals surface area (Å²) in [5, 5.41) is 6.00. The van der Waals surface area contributed by atoms with Crippen molar-refractivity contribution in [3.8, 4) is 0 Å². The van der Waals surface area contributed by atoms with Gasteiger partial charge in [0.15, 0.2) is 0 Å². The molecule has 25 heavy (non-hydrogen) atoms. The van der Waals surface area contributed by atoms with E-state index in [0.717, 1.165) is 17.0 Å². The molecule has 0 spiro atoms. The Morgan fingerprint density at radius 3 is 2.76 bits per heavy atom. The van der Waals surface area contributed by atoms with E-state index in [9.17, 15) is 9.18 Å². The Morgan fingerprint density at radius 1 is 1.16 bits per heavy atom. The smallest absolute Gasteiger partial charge is 0.269 e. The first-order valence-corrected chi connectivity index (χ1v) is 7.96. The number of amides is 1. The van der Waals surface area contributed by atoms with Gasteiger partial charge in [0.25, 0.3) is 5.91 Å². The summed E-state index contributed by atoms with van der Waals surface area (Å²) in [6.07, 6.45) is 3.82. The number of hydrogen-bond acceptors (Lipinski definition) is 4. The molecule has 0 atom stereocenters. The highest BCUT2D eigenvalue weighted by Crippen LogP contribution is 2.11. The second-order valence-electron chi connectivity index (χ2n) is 5.50. The average molecular weight is 339 g/mol. The predicted octanol–water partition coefficient (Wildman–Crippen LogP) is 3.40. The number of carbonyl (C=O) groups excluding carboxylic acids is 1. The Hall–Kier alpha value is -3.15. The summed E-state index contributed by atoms with van der Waals surface area (Å²) in [5.41, 5.74) is 2.09. The van der Waals surface area contributed by atoms with E-state index in [0.29, 0.717) is 25.2 Å². The van der Waals surface area contributed by atoms with E-state index in [1.54, 1.807) is 36.7 Å². The normalized spacial score (nSPS) is 10.4. The molecule has 2 aromatic heterocycles. The SMILES string of the molecule is O=C(NCCc1ccc(F)cc1)c1cc(NCc2ccco2)ccn1. The summed E-state index contributed by atoms with van der Waals surface area (Å²) in [5.74, 6) is 0.293. The van der Waals surface area contributed by atoms with Crippen LogP contribution in [-0.4, -0.2) is 17.4 Å². The second-order valence-corrected chi connectivity index (χ2v) is 5.50. The highest BCUT2D eigenvalue weighted by Gasteiger charge is 2.08. The van der Waals surface area contributed by atoms with Gasteiger partial charge in [0, 0.05) is 18.4 Å². The van der Waals surface area contributed by atoms with Crippen molar-refractivity contribution in [1.82, 2.24) is 10.3 Å². The van der Waals surface area contributed by atoms with E-state index in [-0.39, 0.29) is 11.7 Å². The summed E-state index contributed by atoms with van der Waals surface area (Å²) in [7, 11) is 0. The summed E-state index contributed by atoms with van der Waals surface area (Å²) in [4.78, 5) is 16.3. The van der Waals surface area contributed by atoms with Crippen LogP contribution in [0.2, 0.25) is 0 Å². The van der Waals surface area contributed by atoms with Crippen LogP contribution in [-0.2, 0) is 13.0 Å². The molecule has 0 bridgehead atoms. The number of furan rings is 1. The molecule has 0 aliphatic carbocycles. The minimum absolute atomic E-state index is 0.247. The minimum Gasteiger partial charge on any atom is -0.467 e. The van der Waals surface area contributed by atoms with Crippen molar-refractivity contribution in [2.45, 2.75) is 13.0 Å². The van der Waals surface area contributed by atoms with Gasteiger partial charge in [0.05, 0.1) is 12.8 Å². The van der Waals surface area contributed by atoms with Crippen molar-refractivity contribution in [2.24, 2.45) is 0 Å². The lowest BCUT2D eigenvalue weighted by Crippen LogP contribution is -2.26. The number of pyridine rings is 1. The molecule has 0 fully saturated rings. The molecule has 1 amide bonds. The first-order valence-electron chi connectivity index (χ1n) is 7.96. The summed E-state index contributed by atoms with van der Waals surface area (Å²) in [6.45, 7) is 0.985. The number of benzene rings is 1. The zero-order chi connectivity index (χ0) is 17.5. The maximum atomic E-state index is 12.9. The number of nitrogens with one attached hydrogen (secondary N) is 2. The fourth-order valence-corrected chi connectivity index (χ4v) is 2.33. The van der Waals surface area contributed by atoms with Crippen LogP contribution >= 0.6 is 0 Å². The molecule has 3 rings (SSSR count). The van der Waals surface area contributed by atoms with Crippen molar-refractivity contribution in [3.05, 3.63) is 83.8 Å². The zero-order valence-electron chi connectivity index (χ0n) is 13.5. The van der Waals surface area contributed by atoms with Gasteiger partial charge in [-0.15, -0.1) is 0 Å². The van der Waals surface area contributed by atoms with Crippen molar-refractivity contribution >= 4 is 11.6 Å². The van der Waals surface area contributed by atoms with E-state index in [4.69, 9.17) is 4.42 Å². The average Bonchev–Trinajstić information content (AvgIpc) is 3.15. The third kappa shape index (κ3) is 4.91. The summed E-state index contributed by atoms with van der Waals surface area (Å²) >= 11 is 0. The Labute approximate surface area is 144 Å². The van der Waals surface area contributed by atoms with Gasteiger partial charge in [0.2, 0.25) is 0 Å². The van der Waals surface area contributed by atoms with Crippen LogP contribution in [0.4, 0.5) is 10.1 Å². The fourth-order valence-electron chi connectivity index (χ4n) is 2.33. The standard InChI is InChI=1S/C19H18FN3O2/c20-15-5-3-14(4-6-15)7-9-22-19(24)18-12-16(8-10-21-18)23-13-17-2-1-11-25-17/h1-6,8,10-12H,7,9,13H2,(H,21,23)(H,22,24). The molecule has 0 aliphatic rings. The third-order valence-corrected chi connectivity index (χ3v) is 3.65. The molecule has 0 radical (unpaired) electrons. The minimum atomic E-state index is -0.268. The maximum absolute atomic E-state index is 12.9. The number of carbonyl (C=O) groups is 1. The van der Waals surface area contributed by atoms with Gasteiger partial charge in [0.1, 0.15) is 17.3 Å². The van der Waals surface area contributed by atoms with E-state index in [1.165, 1.54) is 12.1 Å². The molecule has 6 heteroatoms. The van der Waals surface area contributed by atoms with Crippen molar-refractivity contribution < 1.29 is 13.6 Å². The highest BCUT2D eigenvalue weighted by molar-refractivity contribution is 5.93. The van der Waals surface area contributed by atoms with E-state index < -0.39 is 0 Å². The Bertz CT molecular complexity index is 817. The molecular weight excluding hydrogens is 321 g/mol. The first-order chi connectivity index (χ1) is 12.2. The molecule has 2 N–H and O–H groups in total. The topological polar surface area (TPSA) is 67.2 Å². The lowest BCUT2D eigenvalue weighted by atomic mass is 10.1. The molecule has 5 nitrogen and oxygen atoms in total. The molecule has 0 aliphatic heterocycles. The largest absolute Gasteiger partial charge is 0.467 e. The van der Waals surface area contributed by atoms with E-state index in [2.05, 4.69) is 15.6 Å². The number of halogens is 1. The monoisotopic (exact) mass is 339 g/mol. The van der Waals surface area contributed by atoms with Crippen molar-refractivity contribution in [3.63, 3.8) is 0 Å². The predicted molar refractivity (Wildman–Crippen MR) is 92.7 cm³/mol. The van der Waals surface area contributed by atoms with Crippen LogP contribution in [0.15, 0.2) is 65.4 Å². The number of rotatable bonds is 7. The molecule has 128 valence electrons. The fraction of sp³-hybridized carbons (Fsp3) is 0.158. The summed E-state index contributed by atoms with van der Waals surface area (Å²) < 4.78 is 18.1. The van der Waals surface area contributed by atoms with Crippen molar-refractivity contribution in [1.29, 1.82) is 0 Å². The van der Waals surface area contributed by atoms with Crippen LogP contribution in [0, 0.1) is 5.82 Å². The number of nitrogens with zero attached hydrogens (tertiary/aromatic N) is 1. The third-order valence-electron chi connectivity index (χ3n) is 3.65. The van der Waals surface area contributed by atoms with Gasteiger partial charge < -0.3 is 15.1 Å². The van der Waals surface area contributed by atoms with E-state index >= 15 is 0 Å². The van der Waals surface area contributed by atoms with Crippen LogP contribution in [0.25, 0.3) is 0 Å². The Kier molecular flexibility index (Phi) is 5.41. The zero-order valence-corrected chi connectivity index (χ0v) is 13.5. The molecule has 0 saturated carbocycles. The number of anilines is 1. The molecular formula is C19H18FN3O2. The van der Waals surface area contributed by atoms with Gasteiger partial charge in [-0.25, -0.2) is 4.39 Å². The van der Waals surface area contributed by atoms with Gasteiger partial charge in [-0.05, 0) is 48.4 Å². The van der Waals surface area contributed by atoms with Crippen LogP contribution in [0.5, 0.6) is 0 Å². The number of hydrogen-bond donors (Lipinski definition) is 2. The van der Waals surface area contributed by atoms with Crippen LogP contribution in [0.1, 0.15) is 21.8 Å². The lowest BCUT2D eigenvalue weighted by molar-refractivity contribution is 0.0949. The van der Waals surface area contributed by atoms with Crippen LogP contribution < -0.4 is 10.6 Å². The molecule has 0 unspecified atom stereocenters. The molecule has 0 saturated heterocycles. The van der Waals surface area contributed by atoms with Crippen molar-refractivity contribution in [2.75, 3.05) is 11.9 Å². The highest BCUT2D eigenvalue weighted by atomic mass is 19.1. The molecule has 3 aromatic rings. The lowest BCUT2D eigenvalue weighted by Gasteiger charge is -2.08. The molecule has 2 heterocycles. The van der Waals surface area contributed by atoms with Gasteiger partial charge in [-0.3, -0.25) is 9.78 Å². The second kappa shape index (κ2) is 8.10. The quantitative estimate of drug-likeness (QED) is 0.692. The Balaban J connectivity index is 1.51. The molecule has 1 aromatic carbocycles.